The molecule has 0 aromatic rings. The van der Waals surface area contributed by atoms with Crippen molar-refractivity contribution < 1.29 is 24.5 Å². The first-order chi connectivity index (χ1) is 7.07. The molecule has 1 aliphatic rings. The number of methoxy groups -OCH3 is 1. The third kappa shape index (κ3) is 2.59. The van der Waals surface area contributed by atoms with Crippen LogP contribution in [-0.2, 0) is 9.53 Å². The number of carboxylic acid groups (broad SMARTS) is 2. The van der Waals surface area contributed by atoms with Gasteiger partial charge in [0.15, 0.2) is 6.10 Å². The zero-order valence-corrected chi connectivity index (χ0v) is 8.55. The van der Waals surface area contributed by atoms with Gasteiger partial charge in [-0.25, -0.2) is 9.59 Å². The van der Waals surface area contributed by atoms with E-state index in [4.69, 9.17) is 14.9 Å². The monoisotopic (exact) mass is 217 g/mol. The molecule has 1 aliphatic heterocycles. The van der Waals surface area contributed by atoms with Gasteiger partial charge >= 0.3 is 12.1 Å². The lowest BCUT2D eigenvalue weighted by atomic mass is 9.98. The van der Waals surface area contributed by atoms with Crippen molar-refractivity contribution in [2.24, 2.45) is 0 Å². The Balaban J connectivity index is 2.78. The Labute approximate surface area is 87.4 Å². The summed E-state index contributed by atoms with van der Waals surface area (Å²) in [4.78, 5) is 22.9. The Kier molecular flexibility index (Phi) is 3.90. The topological polar surface area (TPSA) is 87.1 Å². The van der Waals surface area contributed by atoms with Crippen molar-refractivity contribution in [1.82, 2.24) is 4.90 Å². The third-order valence-electron chi connectivity index (χ3n) is 2.64. The van der Waals surface area contributed by atoms with Crippen molar-refractivity contribution in [2.45, 2.75) is 31.4 Å². The molecular weight excluding hydrogens is 202 g/mol. The summed E-state index contributed by atoms with van der Waals surface area (Å²) in [5.74, 6) is -1.12. The molecule has 1 rings (SSSR count). The number of carboxylic acids is 1. The fraction of sp³-hybridized carbons (Fsp3) is 0.778. The minimum Gasteiger partial charge on any atom is -0.479 e. The van der Waals surface area contributed by atoms with E-state index in [-0.39, 0.29) is 0 Å². The van der Waals surface area contributed by atoms with Crippen LogP contribution in [0.4, 0.5) is 4.79 Å². The van der Waals surface area contributed by atoms with E-state index in [1.807, 2.05) is 0 Å². The zero-order valence-electron chi connectivity index (χ0n) is 8.55. The van der Waals surface area contributed by atoms with Crippen molar-refractivity contribution in [3.05, 3.63) is 0 Å². The van der Waals surface area contributed by atoms with Crippen molar-refractivity contribution in [3.63, 3.8) is 0 Å². The molecule has 1 heterocycles. The van der Waals surface area contributed by atoms with Crippen LogP contribution in [0.5, 0.6) is 0 Å². The second-order valence-electron chi connectivity index (χ2n) is 3.53. The number of rotatable bonds is 3. The average Bonchev–Trinajstić information content (AvgIpc) is 2.18. The van der Waals surface area contributed by atoms with Crippen LogP contribution in [0.3, 0.4) is 0 Å². The number of hydrogen-bond acceptors (Lipinski definition) is 3. The van der Waals surface area contributed by atoms with Crippen LogP contribution < -0.4 is 0 Å². The second kappa shape index (κ2) is 4.97. The normalized spacial score (nSPS) is 23.5. The number of piperidine rings is 1. The van der Waals surface area contributed by atoms with Gasteiger partial charge in [-0.3, -0.25) is 0 Å². The molecule has 1 fully saturated rings. The summed E-state index contributed by atoms with van der Waals surface area (Å²) >= 11 is 0. The second-order valence-corrected chi connectivity index (χ2v) is 3.53. The highest BCUT2D eigenvalue weighted by Gasteiger charge is 2.36. The summed E-state index contributed by atoms with van der Waals surface area (Å²) in [5, 5.41) is 17.8. The van der Waals surface area contributed by atoms with E-state index in [2.05, 4.69) is 0 Å². The molecule has 0 aliphatic carbocycles. The SMILES string of the molecule is COC(C(=O)O)C1CCCCN1C(=O)O. The maximum absolute atomic E-state index is 10.9. The van der Waals surface area contributed by atoms with Crippen LogP contribution in [0.2, 0.25) is 0 Å². The molecule has 1 amide bonds. The van der Waals surface area contributed by atoms with Crippen molar-refractivity contribution >= 4 is 12.1 Å². The summed E-state index contributed by atoms with van der Waals surface area (Å²) in [6, 6.07) is -0.571. The molecule has 86 valence electrons. The predicted octanol–water partition coefficient (Wildman–Crippen LogP) is 0.619. The molecule has 0 saturated carbocycles. The van der Waals surface area contributed by atoms with Crippen LogP contribution in [0.1, 0.15) is 19.3 Å². The fourth-order valence-corrected chi connectivity index (χ4v) is 1.93. The first-order valence-electron chi connectivity index (χ1n) is 4.83. The molecule has 1 saturated heterocycles. The Hall–Kier alpha value is -1.30. The number of aliphatic carboxylic acids is 1. The average molecular weight is 217 g/mol. The molecule has 6 nitrogen and oxygen atoms in total. The third-order valence-corrected chi connectivity index (χ3v) is 2.64. The van der Waals surface area contributed by atoms with Crippen molar-refractivity contribution in [2.75, 3.05) is 13.7 Å². The smallest absolute Gasteiger partial charge is 0.407 e. The number of hydrogen-bond donors (Lipinski definition) is 2. The molecule has 2 unspecified atom stereocenters. The maximum atomic E-state index is 10.9. The summed E-state index contributed by atoms with van der Waals surface area (Å²) in [7, 11) is 1.29. The van der Waals surface area contributed by atoms with E-state index in [9.17, 15) is 9.59 Å². The van der Waals surface area contributed by atoms with Gasteiger partial charge in [0.1, 0.15) is 0 Å². The highest BCUT2D eigenvalue weighted by Crippen LogP contribution is 2.21. The number of likely N-dealkylation sites (tertiary alicyclic amines) is 1. The largest absolute Gasteiger partial charge is 0.479 e. The summed E-state index contributed by atoms with van der Waals surface area (Å²) in [5.41, 5.74) is 0. The first kappa shape index (κ1) is 11.8. The van der Waals surface area contributed by atoms with Gasteiger partial charge in [-0.05, 0) is 19.3 Å². The van der Waals surface area contributed by atoms with Crippen molar-refractivity contribution in [3.8, 4) is 0 Å². The molecule has 6 heteroatoms. The molecular formula is C9H15NO5. The van der Waals surface area contributed by atoms with Crippen LogP contribution in [-0.4, -0.2) is 53.0 Å². The van der Waals surface area contributed by atoms with E-state index in [1.165, 1.54) is 7.11 Å². The standard InChI is InChI=1S/C9H15NO5/c1-15-7(8(11)12)6-4-2-3-5-10(6)9(13)14/h6-7H,2-5H2,1H3,(H,11,12)(H,13,14). The van der Waals surface area contributed by atoms with E-state index >= 15 is 0 Å². The van der Waals surface area contributed by atoms with Crippen LogP contribution in [0, 0.1) is 0 Å². The minimum atomic E-state index is -1.12. The fourth-order valence-electron chi connectivity index (χ4n) is 1.93. The lowest BCUT2D eigenvalue weighted by Crippen LogP contribution is -2.52. The Morgan fingerprint density at radius 3 is 2.53 bits per heavy atom. The summed E-state index contributed by atoms with van der Waals surface area (Å²) < 4.78 is 4.83. The molecule has 0 bridgehead atoms. The Morgan fingerprint density at radius 2 is 2.07 bits per heavy atom. The van der Waals surface area contributed by atoms with Gasteiger partial charge in [-0.2, -0.15) is 0 Å². The van der Waals surface area contributed by atoms with Gasteiger partial charge in [0.05, 0.1) is 6.04 Å². The van der Waals surface area contributed by atoms with Crippen molar-refractivity contribution in [1.29, 1.82) is 0 Å². The molecule has 15 heavy (non-hydrogen) atoms. The van der Waals surface area contributed by atoms with E-state index in [0.717, 1.165) is 17.7 Å². The molecule has 0 spiro atoms. The summed E-state index contributed by atoms with van der Waals surface area (Å²) in [6.07, 6.45) is 0.00164. The van der Waals surface area contributed by atoms with Gasteiger partial charge in [-0.15, -0.1) is 0 Å². The first-order valence-corrected chi connectivity index (χ1v) is 4.83. The molecule has 0 aromatic heterocycles. The predicted molar refractivity (Wildman–Crippen MR) is 50.8 cm³/mol. The molecule has 2 atom stereocenters. The van der Waals surface area contributed by atoms with Crippen LogP contribution in [0.25, 0.3) is 0 Å². The molecule has 0 radical (unpaired) electrons. The quantitative estimate of drug-likeness (QED) is 0.723. The highest BCUT2D eigenvalue weighted by atomic mass is 16.5. The minimum absolute atomic E-state index is 0.382. The zero-order chi connectivity index (χ0) is 11.4. The number of nitrogens with zero attached hydrogens (tertiary/aromatic N) is 1. The summed E-state index contributed by atoms with van der Waals surface area (Å²) in [6.45, 7) is 0.382. The lowest BCUT2D eigenvalue weighted by molar-refractivity contribution is -0.153. The maximum Gasteiger partial charge on any atom is 0.407 e. The van der Waals surface area contributed by atoms with Gasteiger partial charge in [0.2, 0.25) is 0 Å². The van der Waals surface area contributed by atoms with Gasteiger partial charge < -0.3 is 19.8 Å². The van der Waals surface area contributed by atoms with Gasteiger partial charge in [-0.1, -0.05) is 0 Å². The highest BCUT2D eigenvalue weighted by molar-refractivity contribution is 5.75. The van der Waals surface area contributed by atoms with Crippen LogP contribution >= 0.6 is 0 Å². The van der Waals surface area contributed by atoms with E-state index in [0.29, 0.717) is 13.0 Å². The number of amides is 1. The molecule has 0 aromatic carbocycles. The number of carbonyl (C=O) groups is 2. The Morgan fingerprint density at radius 1 is 1.40 bits per heavy atom. The Bertz CT molecular complexity index is 239. The number of ether oxygens (including phenoxy) is 1. The molecule has 2 N–H and O–H groups in total. The lowest BCUT2D eigenvalue weighted by Gasteiger charge is -2.36. The van der Waals surface area contributed by atoms with Crippen LogP contribution in [0.15, 0.2) is 0 Å². The van der Waals surface area contributed by atoms with E-state index in [1.54, 1.807) is 0 Å². The van der Waals surface area contributed by atoms with Gasteiger partial charge in [0, 0.05) is 13.7 Å². The van der Waals surface area contributed by atoms with Gasteiger partial charge in [0.25, 0.3) is 0 Å². The van der Waals surface area contributed by atoms with E-state index < -0.39 is 24.2 Å².